The monoisotopic (exact) mass is 452 g/mol. The molecule has 1 saturated carbocycles. The third kappa shape index (κ3) is 11.1. The van der Waals surface area contributed by atoms with E-state index >= 15 is 0 Å². The van der Waals surface area contributed by atoms with Gasteiger partial charge in [-0.25, -0.2) is 0 Å². The van der Waals surface area contributed by atoms with E-state index in [1.54, 1.807) is 7.05 Å². The summed E-state index contributed by atoms with van der Waals surface area (Å²) in [6.45, 7) is 6.83. The molecule has 0 aliphatic heterocycles. The van der Waals surface area contributed by atoms with Gasteiger partial charge in [0.05, 0.1) is 0 Å². The largest absolute Gasteiger partial charge is 0.356 e. The molecule has 0 spiro atoms. The first-order valence-electron chi connectivity index (χ1n) is 9.35. The summed E-state index contributed by atoms with van der Waals surface area (Å²) in [5, 5.41) is 9.61. The Labute approximate surface area is 165 Å². The maximum absolute atomic E-state index is 12.0. The second kappa shape index (κ2) is 14.8. The molecule has 6 heteroatoms. The molecule has 1 aliphatic carbocycles. The van der Waals surface area contributed by atoms with Crippen molar-refractivity contribution in [1.29, 1.82) is 0 Å². The first kappa shape index (κ1) is 23.5. The zero-order valence-electron chi connectivity index (χ0n) is 15.7. The number of carbonyl (C=O) groups is 1. The van der Waals surface area contributed by atoms with Crippen LogP contribution in [0, 0.1) is 11.8 Å². The smallest absolute Gasteiger partial charge is 0.223 e. The average molecular weight is 452 g/mol. The van der Waals surface area contributed by atoms with E-state index in [1.807, 2.05) is 0 Å². The lowest BCUT2D eigenvalue weighted by atomic mass is 9.89. The average Bonchev–Trinajstić information content (AvgIpc) is 2.56. The van der Waals surface area contributed by atoms with Crippen molar-refractivity contribution >= 4 is 35.8 Å². The zero-order chi connectivity index (χ0) is 16.9. The summed E-state index contributed by atoms with van der Waals surface area (Å²) >= 11 is 0. The minimum atomic E-state index is 0. The van der Waals surface area contributed by atoms with Crippen molar-refractivity contribution in [3.8, 4) is 0 Å². The number of hydrogen-bond acceptors (Lipinski definition) is 2. The summed E-state index contributed by atoms with van der Waals surface area (Å²) in [6.07, 6.45) is 9.48. The highest BCUT2D eigenvalue weighted by Crippen LogP contribution is 2.23. The first-order chi connectivity index (χ1) is 11.1. The van der Waals surface area contributed by atoms with Crippen molar-refractivity contribution in [2.24, 2.45) is 16.8 Å². The lowest BCUT2D eigenvalue weighted by molar-refractivity contribution is -0.125. The van der Waals surface area contributed by atoms with Gasteiger partial charge in [-0.2, -0.15) is 0 Å². The van der Waals surface area contributed by atoms with Gasteiger partial charge in [0.15, 0.2) is 5.96 Å². The van der Waals surface area contributed by atoms with Crippen molar-refractivity contribution in [2.75, 3.05) is 26.7 Å². The molecule has 0 atom stereocenters. The lowest BCUT2D eigenvalue weighted by Gasteiger charge is -2.21. The fraction of sp³-hybridized carbons (Fsp3) is 0.889. The molecule has 0 radical (unpaired) electrons. The molecular formula is C18H37IN4O. The molecule has 0 aromatic rings. The quantitative estimate of drug-likeness (QED) is 0.218. The summed E-state index contributed by atoms with van der Waals surface area (Å²) in [5.41, 5.74) is 0. The fourth-order valence-corrected chi connectivity index (χ4v) is 2.98. The van der Waals surface area contributed by atoms with Crippen LogP contribution in [0.1, 0.15) is 65.2 Å². The molecule has 1 amide bonds. The molecule has 3 N–H and O–H groups in total. The van der Waals surface area contributed by atoms with Gasteiger partial charge in [-0.15, -0.1) is 24.0 Å². The summed E-state index contributed by atoms with van der Waals surface area (Å²) < 4.78 is 0. The Morgan fingerprint density at radius 3 is 2.25 bits per heavy atom. The Kier molecular flexibility index (Phi) is 14.5. The Bertz CT molecular complexity index is 355. The van der Waals surface area contributed by atoms with E-state index in [2.05, 4.69) is 34.8 Å². The predicted octanol–water partition coefficient (Wildman–Crippen LogP) is 3.29. The van der Waals surface area contributed by atoms with Gasteiger partial charge in [-0.1, -0.05) is 46.0 Å². The van der Waals surface area contributed by atoms with Gasteiger partial charge in [-0.3, -0.25) is 9.79 Å². The number of nitrogens with one attached hydrogen (secondary N) is 3. The summed E-state index contributed by atoms with van der Waals surface area (Å²) in [7, 11) is 1.78. The number of hydrogen-bond donors (Lipinski definition) is 3. The van der Waals surface area contributed by atoms with E-state index in [9.17, 15) is 4.79 Å². The summed E-state index contributed by atoms with van der Waals surface area (Å²) in [5.74, 6) is 2.06. The molecule has 1 rings (SSSR count). The van der Waals surface area contributed by atoms with Gasteiger partial charge in [-0.05, 0) is 25.2 Å². The summed E-state index contributed by atoms with van der Waals surface area (Å²) in [4.78, 5) is 16.2. The van der Waals surface area contributed by atoms with Crippen molar-refractivity contribution in [3.05, 3.63) is 0 Å². The van der Waals surface area contributed by atoms with E-state index in [0.29, 0.717) is 13.1 Å². The Hall–Kier alpha value is -0.530. The van der Waals surface area contributed by atoms with E-state index < -0.39 is 0 Å². The van der Waals surface area contributed by atoms with E-state index in [4.69, 9.17) is 0 Å². The highest BCUT2D eigenvalue weighted by Gasteiger charge is 2.20. The van der Waals surface area contributed by atoms with Gasteiger partial charge in [0.2, 0.25) is 5.91 Å². The third-order valence-corrected chi connectivity index (χ3v) is 4.42. The molecule has 142 valence electrons. The molecule has 0 aromatic heterocycles. The normalized spacial score (nSPS) is 15.8. The van der Waals surface area contributed by atoms with Gasteiger partial charge in [0, 0.05) is 32.6 Å². The van der Waals surface area contributed by atoms with Gasteiger partial charge in [0.1, 0.15) is 0 Å². The molecule has 24 heavy (non-hydrogen) atoms. The van der Waals surface area contributed by atoms with Crippen LogP contribution < -0.4 is 16.0 Å². The SMILES string of the molecule is CN=C(NCCCCC(C)C)NCCNC(=O)C1CCCCC1.I. The minimum absolute atomic E-state index is 0. The van der Waals surface area contributed by atoms with Gasteiger partial charge < -0.3 is 16.0 Å². The van der Waals surface area contributed by atoms with E-state index in [1.165, 1.54) is 32.1 Å². The number of carbonyl (C=O) groups excluding carboxylic acids is 1. The third-order valence-electron chi connectivity index (χ3n) is 4.42. The van der Waals surface area contributed by atoms with Crippen LogP contribution in [-0.4, -0.2) is 38.5 Å². The molecule has 1 fully saturated rings. The number of guanidine groups is 1. The molecule has 0 aromatic carbocycles. The minimum Gasteiger partial charge on any atom is -0.356 e. The molecule has 5 nitrogen and oxygen atoms in total. The van der Waals surface area contributed by atoms with E-state index in [-0.39, 0.29) is 35.8 Å². The number of nitrogens with zero attached hydrogens (tertiary/aromatic N) is 1. The summed E-state index contributed by atoms with van der Waals surface area (Å²) in [6, 6.07) is 0. The number of unbranched alkanes of at least 4 members (excludes halogenated alkanes) is 1. The second-order valence-corrected chi connectivity index (χ2v) is 6.94. The number of aliphatic imine (C=N–C) groups is 1. The Balaban J connectivity index is 0.00000529. The van der Waals surface area contributed by atoms with Crippen molar-refractivity contribution in [2.45, 2.75) is 65.2 Å². The molecule has 0 unspecified atom stereocenters. The lowest BCUT2D eigenvalue weighted by Crippen LogP contribution is -2.42. The zero-order valence-corrected chi connectivity index (χ0v) is 18.0. The number of amides is 1. The Morgan fingerprint density at radius 1 is 1.00 bits per heavy atom. The number of rotatable bonds is 9. The van der Waals surface area contributed by atoms with Crippen LogP contribution >= 0.6 is 24.0 Å². The van der Waals surface area contributed by atoms with Crippen LogP contribution in [0.5, 0.6) is 0 Å². The van der Waals surface area contributed by atoms with E-state index in [0.717, 1.165) is 37.7 Å². The molecule has 0 saturated heterocycles. The van der Waals surface area contributed by atoms with Crippen LogP contribution in [-0.2, 0) is 4.79 Å². The van der Waals surface area contributed by atoms with Crippen LogP contribution in [0.2, 0.25) is 0 Å². The van der Waals surface area contributed by atoms with Crippen molar-refractivity contribution < 1.29 is 4.79 Å². The molecule has 0 heterocycles. The Morgan fingerprint density at radius 2 is 1.62 bits per heavy atom. The van der Waals surface area contributed by atoms with Gasteiger partial charge >= 0.3 is 0 Å². The van der Waals surface area contributed by atoms with Crippen LogP contribution in [0.3, 0.4) is 0 Å². The second-order valence-electron chi connectivity index (χ2n) is 6.94. The highest BCUT2D eigenvalue weighted by molar-refractivity contribution is 14.0. The fourth-order valence-electron chi connectivity index (χ4n) is 2.98. The maximum atomic E-state index is 12.0. The van der Waals surface area contributed by atoms with Gasteiger partial charge in [0.25, 0.3) is 0 Å². The van der Waals surface area contributed by atoms with Crippen LogP contribution in [0.4, 0.5) is 0 Å². The molecular weight excluding hydrogens is 415 g/mol. The van der Waals surface area contributed by atoms with Crippen molar-refractivity contribution in [3.63, 3.8) is 0 Å². The topological polar surface area (TPSA) is 65.5 Å². The predicted molar refractivity (Wildman–Crippen MR) is 113 cm³/mol. The standard InChI is InChI=1S/C18H36N4O.HI/c1-15(2)9-7-8-12-21-18(19-3)22-14-13-20-17(23)16-10-5-4-6-11-16;/h15-16H,4-14H2,1-3H3,(H,20,23)(H2,19,21,22);1H. The first-order valence-corrected chi connectivity index (χ1v) is 9.35. The maximum Gasteiger partial charge on any atom is 0.223 e. The van der Waals surface area contributed by atoms with Crippen molar-refractivity contribution in [1.82, 2.24) is 16.0 Å². The molecule has 0 bridgehead atoms. The number of halogens is 1. The van der Waals surface area contributed by atoms with Crippen LogP contribution in [0.15, 0.2) is 4.99 Å². The highest BCUT2D eigenvalue weighted by atomic mass is 127. The molecule has 1 aliphatic rings. The van der Waals surface area contributed by atoms with Crippen LogP contribution in [0.25, 0.3) is 0 Å².